The van der Waals surface area contributed by atoms with Gasteiger partial charge in [0.15, 0.2) is 0 Å². The number of anilines is 2. The number of nitrogens with two attached hydrogens (primary N) is 2. The van der Waals surface area contributed by atoms with E-state index in [9.17, 15) is 9.18 Å². The average molecular weight is 273 g/mol. The number of hydrogen-bond donors (Lipinski definition) is 3. The zero-order valence-electron chi connectivity index (χ0n) is 11.1. The van der Waals surface area contributed by atoms with Gasteiger partial charge in [0.25, 0.3) is 5.91 Å². The van der Waals surface area contributed by atoms with E-state index in [1.807, 2.05) is 6.92 Å². The maximum atomic E-state index is 12.9. The van der Waals surface area contributed by atoms with Gasteiger partial charge in [-0.05, 0) is 42.8 Å². The molecule has 0 radical (unpaired) electrons. The Balaban J connectivity index is 2.27. The quantitative estimate of drug-likeness (QED) is 0.749. The monoisotopic (exact) mass is 273 g/mol. The third-order valence-electron chi connectivity index (χ3n) is 3.05. The first-order valence-corrected chi connectivity index (χ1v) is 6.18. The molecule has 0 saturated heterocycles. The van der Waals surface area contributed by atoms with Gasteiger partial charge >= 0.3 is 0 Å². The summed E-state index contributed by atoms with van der Waals surface area (Å²) in [5.41, 5.74) is 13.4. The zero-order valence-corrected chi connectivity index (χ0v) is 11.1. The first kappa shape index (κ1) is 13.9. The summed E-state index contributed by atoms with van der Waals surface area (Å²) < 4.78 is 12.9. The van der Waals surface area contributed by atoms with Crippen LogP contribution in [0.25, 0.3) is 0 Å². The van der Waals surface area contributed by atoms with Crippen LogP contribution in [0.5, 0.6) is 0 Å². The van der Waals surface area contributed by atoms with Gasteiger partial charge in [-0.1, -0.05) is 12.1 Å². The molecular weight excluding hydrogens is 257 g/mol. The van der Waals surface area contributed by atoms with Crippen LogP contribution in [0.3, 0.4) is 0 Å². The molecule has 1 unspecified atom stereocenters. The van der Waals surface area contributed by atoms with Crippen molar-refractivity contribution in [2.24, 2.45) is 5.73 Å². The highest BCUT2D eigenvalue weighted by molar-refractivity contribution is 5.99. The summed E-state index contributed by atoms with van der Waals surface area (Å²) in [6.45, 7) is 1.90. The lowest BCUT2D eigenvalue weighted by atomic mass is 10.1. The molecule has 0 aromatic heterocycles. The van der Waals surface area contributed by atoms with Crippen molar-refractivity contribution in [2.75, 3.05) is 11.1 Å². The Morgan fingerprint density at radius 3 is 2.45 bits per heavy atom. The molecule has 5 N–H and O–H groups in total. The Morgan fingerprint density at radius 2 is 1.85 bits per heavy atom. The van der Waals surface area contributed by atoms with Gasteiger partial charge in [-0.15, -0.1) is 0 Å². The van der Waals surface area contributed by atoms with Crippen LogP contribution >= 0.6 is 0 Å². The second kappa shape index (κ2) is 5.61. The third kappa shape index (κ3) is 3.06. The van der Waals surface area contributed by atoms with Crippen molar-refractivity contribution < 1.29 is 9.18 Å². The van der Waals surface area contributed by atoms with Crippen molar-refractivity contribution in [2.45, 2.75) is 13.0 Å². The number of amides is 1. The number of hydrogen-bond acceptors (Lipinski definition) is 3. The van der Waals surface area contributed by atoms with E-state index in [4.69, 9.17) is 11.5 Å². The molecule has 0 saturated carbocycles. The van der Waals surface area contributed by atoms with Crippen molar-refractivity contribution >= 4 is 17.3 Å². The zero-order chi connectivity index (χ0) is 14.7. The minimum absolute atomic E-state index is 0.115. The summed E-state index contributed by atoms with van der Waals surface area (Å²) in [5, 5.41) is 3.17. The van der Waals surface area contributed by atoms with Crippen LogP contribution in [0, 0.1) is 5.82 Å². The van der Waals surface area contributed by atoms with Crippen LogP contribution in [0.1, 0.15) is 28.9 Å². The first-order chi connectivity index (χ1) is 9.47. The van der Waals surface area contributed by atoms with Crippen LogP contribution in [-0.2, 0) is 0 Å². The van der Waals surface area contributed by atoms with Gasteiger partial charge in [-0.3, -0.25) is 4.79 Å². The lowest BCUT2D eigenvalue weighted by Crippen LogP contribution is -2.16. The summed E-state index contributed by atoms with van der Waals surface area (Å²) in [4.78, 5) is 11.4. The van der Waals surface area contributed by atoms with Gasteiger partial charge in [0.2, 0.25) is 0 Å². The number of rotatable bonds is 4. The smallest absolute Gasteiger partial charge is 0.250 e. The fourth-order valence-corrected chi connectivity index (χ4v) is 1.96. The molecule has 1 atom stereocenters. The number of carbonyl (C=O) groups is 1. The molecule has 0 spiro atoms. The van der Waals surface area contributed by atoms with Crippen molar-refractivity contribution in [3.8, 4) is 0 Å². The van der Waals surface area contributed by atoms with Crippen LogP contribution in [0.4, 0.5) is 15.8 Å². The Labute approximate surface area is 116 Å². The number of nitrogen functional groups attached to an aromatic ring is 1. The number of primary amides is 1. The van der Waals surface area contributed by atoms with Crippen molar-refractivity contribution in [1.82, 2.24) is 0 Å². The van der Waals surface area contributed by atoms with Crippen LogP contribution in [-0.4, -0.2) is 5.91 Å². The lowest BCUT2D eigenvalue weighted by molar-refractivity contribution is 0.100. The average Bonchev–Trinajstić information content (AvgIpc) is 2.39. The standard InChI is InChI=1S/C15H16FN3O/c1-9(10-2-4-11(16)5-3-10)19-14-8-12(17)6-7-13(14)15(18)20/h2-9,19H,17H2,1H3,(H2,18,20). The SMILES string of the molecule is CC(Nc1cc(N)ccc1C(N)=O)c1ccc(F)cc1. The molecule has 2 rings (SSSR count). The van der Waals surface area contributed by atoms with E-state index in [0.29, 0.717) is 16.9 Å². The van der Waals surface area contributed by atoms with E-state index >= 15 is 0 Å². The van der Waals surface area contributed by atoms with E-state index in [2.05, 4.69) is 5.32 Å². The minimum atomic E-state index is -0.529. The Bertz CT molecular complexity index is 626. The molecule has 1 amide bonds. The maximum absolute atomic E-state index is 12.9. The van der Waals surface area contributed by atoms with E-state index in [1.54, 1.807) is 30.3 Å². The van der Waals surface area contributed by atoms with Crippen LogP contribution in [0.15, 0.2) is 42.5 Å². The second-order valence-corrected chi connectivity index (χ2v) is 4.59. The van der Waals surface area contributed by atoms with Crippen molar-refractivity contribution in [3.63, 3.8) is 0 Å². The van der Waals surface area contributed by atoms with E-state index in [-0.39, 0.29) is 11.9 Å². The number of halogens is 1. The molecule has 2 aromatic carbocycles. The van der Waals surface area contributed by atoms with Crippen LogP contribution < -0.4 is 16.8 Å². The fourth-order valence-electron chi connectivity index (χ4n) is 1.96. The third-order valence-corrected chi connectivity index (χ3v) is 3.05. The molecule has 104 valence electrons. The van der Waals surface area contributed by atoms with Gasteiger partial charge in [-0.25, -0.2) is 4.39 Å². The van der Waals surface area contributed by atoms with E-state index in [0.717, 1.165) is 5.56 Å². The summed E-state index contributed by atoms with van der Waals surface area (Å²) in [7, 11) is 0. The van der Waals surface area contributed by atoms with Gasteiger partial charge in [0.1, 0.15) is 5.82 Å². The molecule has 0 heterocycles. The molecule has 0 bridgehead atoms. The number of benzene rings is 2. The number of carbonyl (C=O) groups excluding carboxylic acids is 1. The molecule has 0 fully saturated rings. The highest BCUT2D eigenvalue weighted by Crippen LogP contribution is 2.24. The second-order valence-electron chi connectivity index (χ2n) is 4.59. The first-order valence-electron chi connectivity index (χ1n) is 6.18. The summed E-state index contributed by atoms with van der Waals surface area (Å²) in [6.07, 6.45) is 0. The van der Waals surface area contributed by atoms with Gasteiger partial charge in [-0.2, -0.15) is 0 Å². The van der Waals surface area contributed by atoms with Crippen LogP contribution in [0.2, 0.25) is 0 Å². The predicted molar refractivity (Wildman–Crippen MR) is 77.8 cm³/mol. The molecule has 0 aliphatic rings. The topological polar surface area (TPSA) is 81.1 Å². The number of nitrogens with one attached hydrogen (secondary N) is 1. The molecular formula is C15H16FN3O. The fraction of sp³-hybridized carbons (Fsp3) is 0.133. The molecule has 5 heteroatoms. The lowest BCUT2D eigenvalue weighted by Gasteiger charge is -2.18. The molecule has 20 heavy (non-hydrogen) atoms. The summed E-state index contributed by atoms with van der Waals surface area (Å²) in [6, 6.07) is 10.9. The molecule has 0 aliphatic heterocycles. The maximum Gasteiger partial charge on any atom is 0.250 e. The minimum Gasteiger partial charge on any atom is -0.399 e. The highest BCUT2D eigenvalue weighted by Gasteiger charge is 2.12. The normalized spacial score (nSPS) is 11.9. The molecule has 0 aliphatic carbocycles. The Hall–Kier alpha value is -2.56. The van der Waals surface area contributed by atoms with Gasteiger partial charge < -0.3 is 16.8 Å². The Kier molecular flexibility index (Phi) is 3.89. The van der Waals surface area contributed by atoms with E-state index < -0.39 is 5.91 Å². The predicted octanol–water partition coefficient (Wildman–Crippen LogP) is 2.68. The summed E-state index contributed by atoms with van der Waals surface area (Å²) >= 11 is 0. The largest absolute Gasteiger partial charge is 0.399 e. The van der Waals surface area contributed by atoms with Gasteiger partial charge in [0.05, 0.1) is 5.56 Å². The highest BCUT2D eigenvalue weighted by atomic mass is 19.1. The molecule has 2 aromatic rings. The Morgan fingerprint density at radius 1 is 1.20 bits per heavy atom. The van der Waals surface area contributed by atoms with Gasteiger partial charge in [0, 0.05) is 17.4 Å². The summed E-state index contributed by atoms with van der Waals surface area (Å²) in [5.74, 6) is -0.818. The van der Waals surface area contributed by atoms with E-state index in [1.165, 1.54) is 12.1 Å². The van der Waals surface area contributed by atoms with Crippen molar-refractivity contribution in [1.29, 1.82) is 0 Å². The molecule has 4 nitrogen and oxygen atoms in total. The van der Waals surface area contributed by atoms with Crippen molar-refractivity contribution in [3.05, 3.63) is 59.4 Å².